The van der Waals surface area contributed by atoms with E-state index in [1.54, 1.807) is 6.20 Å². The molecular formula is C18H25IN4O2. The number of nitrogens with zero attached hydrogens (tertiary/aromatic N) is 2. The van der Waals surface area contributed by atoms with E-state index in [2.05, 4.69) is 22.2 Å². The number of hydrogen-bond donors (Lipinski definition) is 2. The molecule has 0 saturated carbocycles. The molecule has 0 saturated heterocycles. The Kier molecular flexibility index (Phi) is 9.68. The normalized spacial score (nSPS) is 10.7. The highest BCUT2D eigenvalue weighted by Crippen LogP contribution is 2.23. The summed E-state index contributed by atoms with van der Waals surface area (Å²) in [4.78, 5) is 8.52. The largest absolute Gasteiger partial charge is 0.494 e. The van der Waals surface area contributed by atoms with E-state index in [4.69, 9.17) is 15.2 Å². The summed E-state index contributed by atoms with van der Waals surface area (Å²) in [5.74, 6) is 2.49. The van der Waals surface area contributed by atoms with Gasteiger partial charge in [-0.3, -0.25) is 0 Å². The summed E-state index contributed by atoms with van der Waals surface area (Å²) >= 11 is 0. The number of ether oxygens (including phenoxy) is 2. The minimum absolute atomic E-state index is 0. The van der Waals surface area contributed by atoms with Gasteiger partial charge in [0.15, 0.2) is 5.96 Å². The average molecular weight is 456 g/mol. The van der Waals surface area contributed by atoms with E-state index in [-0.39, 0.29) is 24.0 Å². The molecule has 0 spiro atoms. The van der Waals surface area contributed by atoms with Crippen LogP contribution in [0.4, 0.5) is 0 Å². The average Bonchev–Trinajstić information content (AvgIpc) is 2.60. The molecule has 7 heteroatoms. The number of rotatable bonds is 8. The maximum absolute atomic E-state index is 5.79. The number of aromatic nitrogens is 1. The van der Waals surface area contributed by atoms with Crippen molar-refractivity contribution in [2.24, 2.45) is 10.7 Å². The summed E-state index contributed by atoms with van der Waals surface area (Å²) in [5.41, 5.74) is 6.77. The van der Waals surface area contributed by atoms with Crippen LogP contribution in [0.5, 0.6) is 17.4 Å². The van der Waals surface area contributed by atoms with Gasteiger partial charge in [0.25, 0.3) is 0 Å². The number of guanidine groups is 1. The molecule has 0 amide bonds. The first-order chi connectivity index (χ1) is 11.7. The SMILES string of the molecule is CCCNC(N)=NCc1ccnc(Oc2ccc(OCC)cc2)c1.I. The van der Waals surface area contributed by atoms with Gasteiger partial charge in [0.1, 0.15) is 11.5 Å². The van der Waals surface area contributed by atoms with Gasteiger partial charge in [-0.05, 0) is 49.2 Å². The lowest BCUT2D eigenvalue weighted by Crippen LogP contribution is -2.32. The van der Waals surface area contributed by atoms with Crippen molar-refractivity contribution in [3.8, 4) is 17.4 Å². The second-order valence-electron chi connectivity index (χ2n) is 5.14. The van der Waals surface area contributed by atoms with Gasteiger partial charge >= 0.3 is 0 Å². The molecule has 0 aliphatic heterocycles. The van der Waals surface area contributed by atoms with Crippen molar-refractivity contribution < 1.29 is 9.47 Å². The van der Waals surface area contributed by atoms with Gasteiger partial charge < -0.3 is 20.5 Å². The van der Waals surface area contributed by atoms with Crippen LogP contribution in [0, 0.1) is 0 Å². The minimum atomic E-state index is 0. The molecule has 1 aromatic carbocycles. The molecule has 0 aliphatic carbocycles. The van der Waals surface area contributed by atoms with Crippen molar-refractivity contribution in [1.29, 1.82) is 0 Å². The molecule has 6 nitrogen and oxygen atoms in total. The molecule has 0 unspecified atom stereocenters. The van der Waals surface area contributed by atoms with Crippen LogP contribution in [0.3, 0.4) is 0 Å². The van der Waals surface area contributed by atoms with Crippen molar-refractivity contribution in [2.45, 2.75) is 26.8 Å². The van der Waals surface area contributed by atoms with Gasteiger partial charge in [0.2, 0.25) is 5.88 Å². The Hall–Kier alpha value is -2.03. The number of aliphatic imine (C=N–C) groups is 1. The van der Waals surface area contributed by atoms with Crippen LogP contribution in [0.25, 0.3) is 0 Å². The van der Waals surface area contributed by atoms with Crippen LogP contribution in [-0.2, 0) is 6.54 Å². The van der Waals surface area contributed by atoms with Gasteiger partial charge in [-0.1, -0.05) is 6.92 Å². The zero-order valence-corrected chi connectivity index (χ0v) is 16.9. The molecule has 0 bridgehead atoms. The maximum Gasteiger partial charge on any atom is 0.219 e. The predicted octanol–water partition coefficient (Wildman–Crippen LogP) is 3.70. The standard InChI is InChI=1S/C18H24N4O2.HI/c1-3-10-21-18(19)22-13-14-9-11-20-17(12-14)24-16-7-5-15(6-8-16)23-4-2;/h5-9,11-12H,3-4,10,13H2,1-2H3,(H3,19,21,22);1H. The van der Waals surface area contributed by atoms with Crippen LogP contribution in [-0.4, -0.2) is 24.1 Å². The van der Waals surface area contributed by atoms with Crippen molar-refractivity contribution >= 4 is 29.9 Å². The van der Waals surface area contributed by atoms with Gasteiger partial charge in [-0.15, -0.1) is 24.0 Å². The Labute approximate surface area is 165 Å². The molecule has 2 aromatic rings. The molecule has 0 fully saturated rings. The molecule has 136 valence electrons. The van der Waals surface area contributed by atoms with Crippen LogP contribution in [0.1, 0.15) is 25.8 Å². The third-order valence-corrected chi connectivity index (χ3v) is 3.14. The van der Waals surface area contributed by atoms with Crippen LogP contribution < -0.4 is 20.5 Å². The number of nitrogens with one attached hydrogen (secondary N) is 1. The Morgan fingerprint density at radius 1 is 1.16 bits per heavy atom. The summed E-state index contributed by atoms with van der Waals surface area (Å²) in [5, 5.41) is 3.04. The lowest BCUT2D eigenvalue weighted by atomic mass is 10.2. The second kappa shape index (κ2) is 11.5. The smallest absolute Gasteiger partial charge is 0.219 e. The van der Waals surface area contributed by atoms with Crippen molar-refractivity contribution in [1.82, 2.24) is 10.3 Å². The monoisotopic (exact) mass is 456 g/mol. The van der Waals surface area contributed by atoms with E-state index in [9.17, 15) is 0 Å². The number of benzene rings is 1. The number of nitrogens with two attached hydrogens (primary N) is 1. The second-order valence-corrected chi connectivity index (χ2v) is 5.14. The number of pyridine rings is 1. The molecular weight excluding hydrogens is 431 g/mol. The number of hydrogen-bond acceptors (Lipinski definition) is 4. The van der Waals surface area contributed by atoms with E-state index in [0.717, 1.165) is 24.3 Å². The summed E-state index contributed by atoms with van der Waals surface area (Å²) in [6.45, 7) is 5.96. The van der Waals surface area contributed by atoms with Crippen LogP contribution in [0.2, 0.25) is 0 Å². The molecule has 1 heterocycles. The topological polar surface area (TPSA) is 81.8 Å². The predicted molar refractivity (Wildman–Crippen MR) is 111 cm³/mol. The lowest BCUT2D eigenvalue weighted by Gasteiger charge is -2.08. The summed E-state index contributed by atoms with van der Waals surface area (Å²) < 4.78 is 11.2. The van der Waals surface area contributed by atoms with E-state index >= 15 is 0 Å². The first kappa shape index (κ1) is 21.0. The zero-order chi connectivity index (χ0) is 17.2. The van der Waals surface area contributed by atoms with Crippen molar-refractivity contribution in [2.75, 3.05) is 13.2 Å². The highest BCUT2D eigenvalue weighted by molar-refractivity contribution is 14.0. The molecule has 0 aliphatic rings. The van der Waals surface area contributed by atoms with E-state index in [0.29, 0.717) is 30.7 Å². The third-order valence-electron chi connectivity index (χ3n) is 3.14. The fourth-order valence-corrected chi connectivity index (χ4v) is 1.98. The fourth-order valence-electron chi connectivity index (χ4n) is 1.98. The zero-order valence-electron chi connectivity index (χ0n) is 14.6. The van der Waals surface area contributed by atoms with Crippen molar-refractivity contribution in [3.05, 3.63) is 48.2 Å². The van der Waals surface area contributed by atoms with Gasteiger partial charge in [-0.2, -0.15) is 0 Å². The third kappa shape index (κ3) is 7.59. The summed E-state index contributed by atoms with van der Waals surface area (Å²) in [6, 6.07) is 11.2. The van der Waals surface area contributed by atoms with Gasteiger partial charge in [0.05, 0.1) is 13.2 Å². The maximum atomic E-state index is 5.79. The Morgan fingerprint density at radius 3 is 2.56 bits per heavy atom. The van der Waals surface area contributed by atoms with Gasteiger partial charge in [0, 0.05) is 18.8 Å². The molecule has 25 heavy (non-hydrogen) atoms. The molecule has 3 N–H and O–H groups in total. The Balaban J connectivity index is 0.00000312. The Morgan fingerprint density at radius 2 is 1.88 bits per heavy atom. The summed E-state index contributed by atoms with van der Waals surface area (Å²) in [7, 11) is 0. The molecule has 0 atom stereocenters. The lowest BCUT2D eigenvalue weighted by molar-refractivity contribution is 0.339. The highest BCUT2D eigenvalue weighted by atomic mass is 127. The Bertz CT molecular complexity index is 662. The van der Waals surface area contributed by atoms with E-state index in [1.807, 2.05) is 43.3 Å². The highest BCUT2D eigenvalue weighted by Gasteiger charge is 2.02. The van der Waals surface area contributed by atoms with Gasteiger partial charge in [-0.25, -0.2) is 9.98 Å². The van der Waals surface area contributed by atoms with Crippen molar-refractivity contribution in [3.63, 3.8) is 0 Å². The van der Waals surface area contributed by atoms with Crippen LogP contribution in [0.15, 0.2) is 47.6 Å². The minimum Gasteiger partial charge on any atom is -0.494 e. The molecule has 0 radical (unpaired) electrons. The summed E-state index contributed by atoms with van der Waals surface area (Å²) in [6.07, 6.45) is 2.70. The fraction of sp³-hybridized carbons (Fsp3) is 0.333. The quantitative estimate of drug-likeness (QED) is 0.360. The molecule has 1 aromatic heterocycles. The number of halogens is 1. The molecule has 2 rings (SSSR count). The first-order valence-electron chi connectivity index (χ1n) is 8.10. The van der Waals surface area contributed by atoms with E-state index < -0.39 is 0 Å². The van der Waals surface area contributed by atoms with Crippen LogP contribution >= 0.6 is 24.0 Å². The van der Waals surface area contributed by atoms with E-state index in [1.165, 1.54) is 0 Å². The first-order valence-corrected chi connectivity index (χ1v) is 8.10.